The molecule has 0 saturated heterocycles. The maximum Gasteiger partial charge on any atom is 0.140 e. The molecule has 0 aliphatic carbocycles. The average Bonchev–Trinajstić information content (AvgIpc) is 3.16. The molecule has 2 heterocycles. The highest BCUT2D eigenvalue weighted by atomic mass is 16.3. The molecule has 114 valence electrons. The molecule has 0 fully saturated rings. The van der Waals surface area contributed by atoms with Gasteiger partial charge in [-0.15, -0.1) is 0 Å². The number of rotatable bonds is 4. The minimum Gasteiger partial charge on any atom is -0.395 e. The molecule has 4 rings (SSSR count). The van der Waals surface area contributed by atoms with E-state index in [2.05, 4.69) is 21.5 Å². The summed E-state index contributed by atoms with van der Waals surface area (Å²) in [5.41, 5.74) is 4.71. The second-order valence-electron chi connectivity index (χ2n) is 5.33. The highest BCUT2D eigenvalue weighted by molar-refractivity contribution is 5.93. The number of aromatic amines is 1. The molecule has 0 aliphatic heterocycles. The first-order valence-corrected chi connectivity index (χ1v) is 7.49. The van der Waals surface area contributed by atoms with Crippen molar-refractivity contribution in [1.82, 2.24) is 19.5 Å². The molecule has 0 aliphatic rings. The van der Waals surface area contributed by atoms with Gasteiger partial charge in [0.2, 0.25) is 0 Å². The Balaban J connectivity index is 2.02. The number of para-hydroxylation sites is 3. The van der Waals surface area contributed by atoms with Crippen molar-refractivity contribution in [3.8, 4) is 11.4 Å². The number of nitrogens with zero attached hydrogens (tertiary/aromatic N) is 3. The molecule has 0 spiro atoms. The lowest BCUT2D eigenvalue weighted by Gasteiger charge is -2.07. The third-order valence-electron chi connectivity index (χ3n) is 3.95. The quantitative estimate of drug-likeness (QED) is 0.608. The molecule has 2 aromatic heterocycles. The van der Waals surface area contributed by atoms with Crippen LogP contribution in [0.2, 0.25) is 0 Å². The predicted octanol–water partition coefficient (Wildman–Crippen LogP) is 3.21. The van der Waals surface area contributed by atoms with Gasteiger partial charge in [0.15, 0.2) is 0 Å². The Bertz CT molecular complexity index is 979. The van der Waals surface area contributed by atoms with Crippen LogP contribution in [0, 0.1) is 0 Å². The van der Waals surface area contributed by atoms with Crippen LogP contribution in [0.15, 0.2) is 49.0 Å². The van der Waals surface area contributed by atoms with Gasteiger partial charge in [-0.3, -0.25) is 0 Å². The number of H-pyrrole nitrogens is 1. The maximum atomic E-state index is 9.39. The van der Waals surface area contributed by atoms with E-state index in [4.69, 9.17) is 0 Å². The van der Waals surface area contributed by atoms with Crippen LogP contribution in [0.25, 0.3) is 39.5 Å². The fourth-order valence-electron chi connectivity index (χ4n) is 2.96. The van der Waals surface area contributed by atoms with E-state index in [9.17, 15) is 5.11 Å². The zero-order valence-electron chi connectivity index (χ0n) is 12.5. The van der Waals surface area contributed by atoms with Gasteiger partial charge < -0.3 is 14.7 Å². The smallest absolute Gasteiger partial charge is 0.140 e. The van der Waals surface area contributed by atoms with E-state index in [1.807, 2.05) is 47.0 Å². The summed E-state index contributed by atoms with van der Waals surface area (Å²) in [5.74, 6) is 1.55. The summed E-state index contributed by atoms with van der Waals surface area (Å²) in [5, 5.41) is 9.39. The molecule has 4 aromatic rings. The Kier molecular flexibility index (Phi) is 3.20. The maximum absolute atomic E-state index is 9.39. The number of aliphatic hydroxyl groups excluding tert-OH is 1. The van der Waals surface area contributed by atoms with Gasteiger partial charge in [-0.05, 0) is 30.3 Å². The van der Waals surface area contributed by atoms with Crippen LogP contribution in [-0.2, 0) is 6.54 Å². The first-order valence-electron chi connectivity index (χ1n) is 7.49. The Morgan fingerprint density at radius 2 is 1.91 bits per heavy atom. The number of imidazole rings is 2. The van der Waals surface area contributed by atoms with Crippen LogP contribution in [0.5, 0.6) is 0 Å². The number of hydrogen-bond donors (Lipinski definition) is 2. The van der Waals surface area contributed by atoms with Gasteiger partial charge in [0.05, 0.1) is 28.7 Å². The van der Waals surface area contributed by atoms with Gasteiger partial charge in [0, 0.05) is 12.1 Å². The second kappa shape index (κ2) is 5.37. The first kappa shape index (κ1) is 13.7. The third-order valence-corrected chi connectivity index (χ3v) is 3.95. The summed E-state index contributed by atoms with van der Waals surface area (Å²) in [6.07, 6.45) is 1.71. The van der Waals surface area contributed by atoms with Gasteiger partial charge in [-0.25, -0.2) is 9.97 Å². The van der Waals surface area contributed by atoms with Gasteiger partial charge in [-0.2, -0.15) is 0 Å². The van der Waals surface area contributed by atoms with E-state index < -0.39 is 0 Å². The van der Waals surface area contributed by atoms with Crippen LogP contribution in [0.4, 0.5) is 0 Å². The lowest BCUT2D eigenvalue weighted by molar-refractivity contribution is 0.277. The monoisotopic (exact) mass is 304 g/mol. The number of hydrogen-bond acceptors (Lipinski definition) is 3. The number of benzene rings is 2. The molecule has 0 saturated carbocycles. The SMILES string of the molecule is C=Cc1nc2cccc(-c3nc4ccccc4[nH]3)c2n1CCO. The lowest BCUT2D eigenvalue weighted by Crippen LogP contribution is -2.04. The molecular weight excluding hydrogens is 288 g/mol. The Morgan fingerprint density at radius 1 is 1.09 bits per heavy atom. The molecule has 23 heavy (non-hydrogen) atoms. The number of fused-ring (bicyclic) bond motifs is 2. The van der Waals surface area contributed by atoms with Crippen molar-refractivity contribution in [1.29, 1.82) is 0 Å². The molecule has 2 N–H and O–H groups in total. The Labute approximate surface area is 132 Å². The normalized spacial score (nSPS) is 11.3. The number of aliphatic hydroxyl groups is 1. The van der Waals surface area contributed by atoms with E-state index in [-0.39, 0.29) is 6.61 Å². The van der Waals surface area contributed by atoms with Crippen LogP contribution in [0.1, 0.15) is 5.82 Å². The van der Waals surface area contributed by atoms with E-state index in [1.54, 1.807) is 6.08 Å². The van der Waals surface area contributed by atoms with Gasteiger partial charge in [-0.1, -0.05) is 24.8 Å². The first-order chi connectivity index (χ1) is 11.3. The van der Waals surface area contributed by atoms with Gasteiger partial charge in [0.1, 0.15) is 11.6 Å². The average molecular weight is 304 g/mol. The molecule has 0 radical (unpaired) electrons. The van der Waals surface area contributed by atoms with Crippen molar-refractivity contribution in [3.63, 3.8) is 0 Å². The van der Waals surface area contributed by atoms with Crippen LogP contribution in [0.3, 0.4) is 0 Å². The standard InChI is InChI=1S/C18H16N4O/c1-2-16-19-15-9-5-6-12(17(15)22(16)10-11-23)18-20-13-7-3-4-8-14(13)21-18/h2-9,23H,1,10-11H2,(H,20,21). The van der Waals surface area contributed by atoms with E-state index in [0.29, 0.717) is 6.54 Å². The molecule has 0 bridgehead atoms. The zero-order valence-corrected chi connectivity index (χ0v) is 12.5. The molecule has 0 amide bonds. The largest absolute Gasteiger partial charge is 0.395 e. The minimum atomic E-state index is 0.0424. The Hall–Kier alpha value is -2.92. The fourth-order valence-corrected chi connectivity index (χ4v) is 2.96. The summed E-state index contributed by atoms with van der Waals surface area (Å²) in [4.78, 5) is 12.6. The number of nitrogens with one attached hydrogen (secondary N) is 1. The molecule has 5 heteroatoms. The van der Waals surface area contributed by atoms with Gasteiger partial charge >= 0.3 is 0 Å². The van der Waals surface area contributed by atoms with E-state index in [1.165, 1.54) is 0 Å². The summed E-state index contributed by atoms with van der Waals surface area (Å²) < 4.78 is 1.98. The zero-order chi connectivity index (χ0) is 15.8. The highest BCUT2D eigenvalue weighted by Crippen LogP contribution is 2.29. The summed E-state index contributed by atoms with van der Waals surface area (Å²) in [6.45, 7) is 4.33. The molecule has 0 unspecified atom stereocenters. The lowest BCUT2D eigenvalue weighted by atomic mass is 10.1. The predicted molar refractivity (Wildman–Crippen MR) is 92.0 cm³/mol. The van der Waals surface area contributed by atoms with Crippen molar-refractivity contribution < 1.29 is 5.11 Å². The topological polar surface area (TPSA) is 66.7 Å². The third kappa shape index (κ3) is 2.13. The van der Waals surface area contributed by atoms with E-state index in [0.717, 1.165) is 39.3 Å². The molecule has 0 atom stereocenters. The van der Waals surface area contributed by atoms with Crippen LogP contribution in [-0.4, -0.2) is 31.2 Å². The van der Waals surface area contributed by atoms with Crippen molar-refractivity contribution in [3.05, 3.63) is 54.9 Å². The summed E-state index contributed by atoms with van der Waals surface area (Å²) in [6, 6.07) is 13.9. The van der Waals surface area contributed by atoms with Crippen LogP contribution >= 0.6 is 0 Å². The van der Waals surface area contributed by atoms with Gasteiger partial charge in [0.25, 0.3) is 0 Å². The number of aromatic nitrogens is 4. The Morgan fingerprint density at radius 3 is 2.70 bits per heavy atom. The molecular formula is C18H16N4O. The summed E-state index contributed by atoms with van der Waals surface area (Å²) >= 11 is 0. The highest BCUT2D eigenvalue weighted by Gasteiger charge is 2.15. The van der Waals surface area contributed by atoms with Crippen molar-refractivity contribution >= 4 is 28.1 Å². The van der Waals surface area contributed by atoms with Crippen molar-refractivity contribution in [2.24, 2.45) is 0 Å². The summed E-state index contributed by atoms with van der Waals surface area (Å²) in [7, 11) is 0. The van der Waals surface area contributed by atoms with Crippen molar-refractivity contribution in [2.45, 2.75) is 6.54 Å². The van der Waals surface area contributed by atoms with Crippen LogP contribution < -0.4 is 0 Å². The fraction of sp³-hybridized carbons (Fsp3) is 0.111. The second-order valence-corrected chi connectivity index (χ2v) is 5.33. The van der Waals surface area contributed by atoms with E-state index >= 15 is 0 Å². The van der Waals surface area contributed by atoms with Crippen molar-refractivity contribution in [2.75, 3.05) is 6.61 Å². The molecule has 5 nitrogen and oxygen atoms in total. The minimum absolute atomic E-state index is 0.0424. The molecule has 2 aromatic carbocycles.